The Morgan fingerprint density at radius 1 is 1.24 bits per heavy atom. The third-order valence-electron chi connectivity index (χ3n) is 9.86. The van der Waals surface area contributed by atoms with Crippen LogP contribution in [0.3, 0.4) is 0 Å². The van der Waals surface area contributed by atoms with E-state index in [1.54, 1.807) is 13.0 Å². The lowest BCUT2D eigenvalue weighted by Crippen LogP contribution is -2.43. The maximum atomic E-state index is 14.8. The molecule has 3 aliphatic heterocycles. The molecule has 238 valence electrons. The highest BCUT2D eigenvalue weighted by atomic mass is 35.5. The van der Waals surface area contributed by atoms with Gasteiger partial charge in [-0.3, -0.25) is 4.90 Å². The number of allylic oxidation sites excluding steroid dienone is 2. The molecule has 0 spiro atoms. The highest BCUT2D eigenvalue weighted by Crippen LogP contribution is 2.45. The van der Waals surface area contributed by atoms with E-state index < -0.39 is 12.0 Å². The zero-order valence-corrected chi connectivity index (χ0v) is 27.6. The van der Waals surface area contributed by atoms with Gasteiger partial charge in [0.25, 0.3) is 0 Å². The molecule has 3 fully saturated rings. The fourth-order valence-corrected chi connectivity index (χ4v) is 8.23. The molecule has 4 heterocycles. The summed E-state index contributed by atoms with van der Waals surface area (Å²) in [6.45, 7) is 8.17. The van der Waals surface area contributed by atoms with Crippen LogP contribution in [0.4, 0.5) is 14.6 Å². The molecule has 3 aliphatic rings. The molecule has 7 nitrogen and oxygen atoms in total. The smallest absolute Gasteiger partial charge is 0.319 e. The fraction of sp³-hybridized carbons (Fsp3) is 0.500. The second kappa shape index (κ2) is 12.6. The van der Waals surface area contributed by atoms with Crippen LogP contribution in [0.5, 0.6) is 6.01 Å². The lowest BCUT2D eigenvalue weighted by molar-refractivity contribution is 0.107. The zero-order valence-electron chi connectivity index (χ0n) is 26.0. The minimum Gasteiger partial charge on any atom is -0.461 e. The third kappa shape index (κ3) is 5.72. The SMILES string of the molecule is C/C(N)=C(/C#N)c1c(-c2c(Cl)cc3c(N4CCCCC[C@@H]4C)nc(OC[C@@]45CCCN4C[C@H](F)C5)nc3c2C)ccc(F)c1S. The summed E-state index contributed by atoms with van der Waals surface area (Å²) in [5, 5.41) is 11.2. The van der Waals surface area contributed by atoms with Crippen LogP contribution in [0.1, 0.15) is 69.9 Å². The lowest BCUT2D eigenvalue weighted by atomic mass is 9.90. The molecule has 11 heteroatoms. The van der Waals surface area contributed by atoms with E-state index in [-0.39, 0.29) is 39.3 Å². The number of benzene rings is 2. The van der Waals surface area contributed by atoms with Gasteiger partial charge >= 0.3 is 6.01 Å². The molecule has 0 saturated carbocycles. The number of ether oxygens (including phenoxy) is 1. The number of rotatable bonds is 6. The predicted molar refractivity (Wildman–Crippen MR) is 178 cm³/mol. The standard InChI is InChI=1S/C34H39ClF2N6OS/c1-19-8-5-4-6-13-43(19)32-24-14-26(35)28(23-9-10-27(37)31(45)29(23)25(16-38)21(3)39)20(2)30(24)40-33(41-32)44-18-34-11-7-12-42(34)17-22(36)15-34/h9-10,14,19,22,45H,4-8,11-13,15,17-18,39H2,1-3H3/b25-21+/t19-,22+,34-/m0/s1. The van der Waals surface area contributed by atoms with E-state index in [9.17, 15) is 14.0 Å². The Morgan fingerprint density at radius 3 is 2.80 bits per heavy atom. The lowest BCUT2D eigenvalue weighted by Gasteiger charge is -2.32. The molecule has 0 unspecified atom stereocenters. The van der Waals surface area contributed by atoms with E-state index in [0.717, 1.165) is 68.4 Å². The monoisotopic (exact) mass is 652 g/mol. The molecule has 3 aromatic rings. The van der Waals surface area contributed by atoms with Crippen molar-refractivity contribution in [3.05, 3.63) is 45.9 Å². The van der Waals surface area contributed by atoms with Gasteiger partial charge in [-0.2, -0.15) is 15.2 Å². The molecular weight excluding hydrogens is 614 g/mol. The average Bonchev–Trinajstić information content (AvgIpc) is 3.43. The molecule has 1 aromatic heterocycles. The summed E-state index contributed by atoms with van der Waals surface area (Å²) in [5.41, 5.74) is 8.88. The van der Waals surface area contributed by atoms with Crippen LogP contribution in [0.15, 0.2) is 28.8 Å². The topological polar surface area (TPSA) is 91.3 Å². The van der Waals surface area contributed by atoms with Crippen LogP contribution in [-0.2, 0) is 0 Å². The first-order chi connectivity index (χ1) is 21.5. The number of aromatic nitrogens is 2. The molecule has 0 radical (unpaired) electrons. The Kier molecular flexibility index (Phi) is 8.90. The molecule has 6 rings (SSSR count). The summed E-state index contributed by atoms with van der Waals surface area (Å²) >= 11 is 11.5. The van der Waals surface area contributed by atoms with Crippen LogP contribution in [0.2, 0.25) is 5.02 Å². The number of hydrogen-bond donors (Lipinski definition) is 2. The van der Waals surface area contributed by atoms with Gasteiger partial charge in [-0.05, 0) is 76.3 Å². The Labute approximate surface area is 273 Å². The summed E-state index contributed by atoms with van der Waals surface area (Å²) in [7, 11) is 0. The van der Waals surface area contributed by atoms with Gasteiger partial charge in [0.15, 0.2) is 0 Å². The highest BCUT2D eigenvalue weighted by molar-refractivity contribution is 7.80. The van der Waals surface area contributed by atoms with E-state index in [1.807, 2.05) is 13.0 Å². The predicted octanol–water partition coefficient (Wildman–Crippen LogP) is 7.62. The number of anilines is 1. The summed E-state index contributed by atoms with van der Waals surface area (Å²) in [5.74, 6) is 0.181. The van der Waals surface area contributed by atoms with Gasteiger partial charge in [-0.1, -0.05) is 30.5 Å². The zero-order chi connectivity index (χ0) is 32.0. The van der Waals surface area contributed by atoms with Crippen molar-refractivity contribution in [2.75, 3.05) is 31.1 Å². The van der Waals surface area contributed by atoms with Crippen molar-refractivity contribution >= 4 is 46.5 Å². The number of aryl methyl sites for hydroxylation is 1. The van der Waals surface area contributed by atoms with Gasteiger partial charge in [-0.25, -0.2) is 8.78 Å². The molecule has 0 aliphatic carbocycles. The first-order valence-corrected chi connectivity index (χ1v) is 16.5. The van der Waals surface area contributed by atoms with Crippen molar-refractivity contribution in [2.24, 2.45) is 5.73 Å². The average molecular weight is 653 g/mol. The Bertz CT molecular complexity index is 1720. The largest absolute Gasteiger partial charge is 0.461 e. The summed E-state index contributed by atoms with van der Waals surface area (Å²) in [6.07, 6.45) is 5.85. The highest BCUT2D eigenvalue weighted by Gasteiger charge is 2.49. The minimum absolute atomic E-state index is 0.0123. The normalized spacial score (nSPS) is 24.4. The third-order valence-corrected chi connectivity index (χ3v) is 10.6. The van der Waals surface area contributed by atoms with Gasteiger partial charge < -0.3 is 15.4 Å². The van der Waals surface area contributed by atoms with Crippen molar-refractivity contribution in [1.82, 2.24) is 14.9 Å². The fourth-order valence-electron chi connectivity index (χ4n) is 7.57. The van der Waals surface area contributed by atoms with E-state index in [0.29, 0.717) is 41.2 Å². The summed E-state index contributed by atoms with van der Waals surface area (Å²) in [6, 6.07) is 7.37. The number of fused-ring (bicyclic) bond motifs is 2. The Hall–Kier alpha value is -3.13. The number of halogens is 3. The van der Waals surface area contributed by atoms with E-state index >= 15 is 0 Å². The quantitative estimate of drug-likeness (QED) is 0.209. The van der Waals surface area contributed by atoms with Crippen LogP contribution in [-0.4, -0.2) is 58.9 Å². The van der Waals surface area contributed by atoms with Gasteiger partial charge in [0.2, 0.25) is 0 Å². The van der Waals surface area contributed by atoms with Crippen LogP contribution in [0, 0.1) is 24.1 Å². The first kappa shape index (κ1) is 31.8. The van der Waals surface area contributed by atoms with Crippen molar-refractivity contribution in [3.63, 3.8) is 0 Å². The second-order valence-corrected chi connectivity index (χ2v) is 13.7. The number of nitrogens with zero attached hydrogens (tertiary/aromatic N) is 5. The van der Waals surface area contributed by atoms with Crippen molar-refractivity contribution in [1.29, 1.82) is 5.26 Å². The maximum absolute atomic E-state index is 14.8. The second-order valence-electron chi connectivity index (χ2n) is 12.8. The molecule has 3 saturated heterocycles. The number of thiol groups is 1. The Morgan fingerprint density at radius 2 is 2.04 bits per heavy atom. The van der Waals surface area contributed by atoms with Crippen LogP contribution < -0.4 is 15.4 Å². The molecule has 2 N–H and O–H groups in total. The van der Waals surface area contributed by atoms with Crippen molar-refractivity contribution in [3.8, 4) is 23.2 Å². The van der Waals surface area contributed by atoms with Gasteiger partial charge in [0.1, 0.15) is 30.5 Å². The summed E-state index contributed by atoms with van der Waals surface area (Å²) < 4.78 is 35.8. The number of alkyl halides is 1. The molecular formula is C34H39ClF2N6OS. The summed E-state index contributed by atoms with van der Waals surface area (Å²) in [4.78, 5) is 14.5. The Balaban J connectivity index is 1.54. The number of nitriles is 1. The molecule has 45 heavy (non-hydrogen) atoms. The number of nitrogens with two attached hydrogens (primary N) is 1. The minimum atomic E-state index is -0.863. The van der Waals surface area contributed by atoms with Gasteiger partial charge in [0.05, 0.1) is 16.6 Å². The van der Waals surface area contributed by atoms with Crippen molar-refractivity contribution < 1.29 is 13.5 Å². The first-order valence-electron chi connectivity index (χ1n) is 15.7. The van der Waals surface area contributed by atoms with Crippen LogP contribution >= 0.6 is 24.2 Å². The van der Waals surface area contributed by atoms with E-state index in [4.69, 9.17) is 32.0 Å². The van der Waals surface area contributed by atoms with Crippen LogP contribution in [0.25, 0.3) is 27.6 Å². The molecule has 3 atom stereocenters. The van der Waals surface area contributed by atoms with E-state index in [2.05, 4.69) is 35.4 Å². The van der Waals surface area contributed by atoms with Gasteiger partial charge in [0, 0.05) is 57.7 Å². The molecule has 2 aromatic carbocycles. The maximum Gasteiger partial charge on any atom is 0.319 e. The molecule has 0 bridgehead atoms. The molecule has 0 amide bonds. The van der Waals surface area contributed by atoms with E-state index in [1.165, 1.54) is 6.07 Å². The van der Waals surface area contributed by atoms with Crippen molar-refractivity contribution in [2.45, 2.75) is 88.4 Å². The van der Waals surface area contributed by atoms with Gasteiger partial charge in [-0.15, -0.1) is 12.6 Å². The number of hydrogen-bond acceptors (Lipinski definition) is 8.